The third-order valence-corrected chi connectivity index (χ3v) is 4.08. The number of phenolic OH excluding ortho intramolecular Hbond substituents is 1. The molecule has 2 rings (SSSR count). The summed E-state index contributed by atoms with van der Waals surface area (Å²) in [6.07, 6.45) is 3.14. The van der Waals surface area contributed by atoms with Gasteiger partial charge in [-0.1, -0.05) is 19.1 Å². The summed E-state index contributed by atoms with van der Waals surface area (Å²) in [5, 5.41) is 18.9. The van der Waals surface area contributed by atoms with Crippen LogP contribution in [-0.2, 0) is 6.42 Å². The molecule has 0 aromatic heterocycles. The van der Waals surface area contributed by atoms with Crippen LogP contribution >= 0.6 is 0 Å². The van der Waals surface area contributed by atoms with E-state index in [0.29, 0.717) is 12.3 Å². The Kier molecular flexibility index (Phi) is 4.11. The Bertz CT molecular complexity index is 463. The van der Waals surface area contributed by atoms with E-state index in [1.807, 2.05) is 19.1 Å². The zero-order valence-electron chi connectivity index (χ0n) is 11.8. The summed E-state index contributed by atoms with van der Waals surface area (Å²) < 4.78 is 0. The highest BCUT2D eigenvalue weighted by molar-refractivity contribution is 5.28. The fraction of sp³-hybridized carbons (Fsp3) is 0.562. The number of phenols is 1. The van der Waals surface area contributed by atoms with E-state index < -0.39 is 5.54 Å². The SMILES string of the molecule is CC1CCCN(C(C)(C#N)Cc2ccc(O)cc2)C1. The number of nitrogens with zero attached hydrogens (tertiary/aromatic N) is 2. The molecule has 102 valence electrons. The van der Waals surface area contributed by atoms with Crippen molar-refractivity contribution in [2.24, 2.45) is 5.92 Å². The maximum absolute atomic E-state index is 9.60. The molecule has 0 radical (unpaired) electrons. The van der Waals surface area contributed by atoms with Gasteiger partial charge in [-0.15, -0.1) is 0 Å². The van der Waals surface area contributed by atoms with Gasteiger partial charge < -0.3 is 5.11 Å². The van der Waals surface area contributed by atoms with Crippen molar-refractivity contribution in [2.75, 3.05) is 13.1 Å². The van der Waals surface area contributed by atoms with E-state index in [0.717, 1.165) is 18.7 Å². The van der Waals surface area contributed by atoms with E-state index in [1.165, 1.54) is 12.8 Å². The predicted octanol–water partition coefficient (Wildman–Crippen LogP) is 2.95. The highest BCUT2D eigenvalue weighted by atomic mass is 16.3. The molecule has 0 spiro atoms. The van der Waals surface area contributed by atoms with Gasteiger partial charge in [-0.05, 0) is 49.9 Å². The highest BCUT2D eigenvalue weighted by Crippen LogP contribution is 2.27. The smallest absolute Gasteiger partial charge is 0.115 e. The van der Waals surface area contributed by atoms with Gasteiger partial charge >= 0.3 is 0 Å². The first-order chi connectivity index (χ1) is 9.03. The Balaban J connectivity index is 2.13. The zero-order chi connectivity index (χ0) is 13.9. The second kappa shape index (κ2) is 5.63. The Hall–Kier alpha value is -1.53. The maximum atomic E-state index is 9.60. The molecule has 3 heteroatoms. The van der Waals surface area contributed by atoms with Crippen molar-refractivity contribution >= 4 is 0 Å². The van der Waals surface area contributed by atoms with Gasteiger partial charge in [0.2, 0.25) is 0 Å². The highest BCUT2D eigenvalue weighted by Gasteiger charge is 2.34. The van der Waals surface area contributed by atoms with Crippen LogP contribution in [0.3, 0.4) is 0 Å². The van der Waals surface area contributed by atoms with Crippen molar-refractivity contribution in [1.29, 1.82) is 5.26 Å². The summed E-state index contributed by atoms with van der Waals surface area (Å²) in [7, 11) is 0. The van der Waals surface area contributed by atoms with Crippen molar-refractivity contribution < 1.29 is 5.11 Å². The fourth-order valence-electron chi connectivity index (χ4n) is 2.87. The molecule has 1 aromatic carbocycles. The fourth-order valence-corrected chi connectivity index (χ4v) is 2.87. The summed E-state index contributed by atoms with van der Waals surface area (Å²) in [6, 6.07) is 9.67. The Morgan fingerprint density at radius 1 is 1.42 bits per heavy atom. The minimum Gasteiger partial charge on any atom is -0.508 e. The number of piperidine rings is 1. The van der Waals surface area contributed by atoms with Gasteiger partial charge in [0, 0.05) is 13.0 Å². The molecule has 1 heterocycles. The van der Waals surface area contributed by atoms with Crippen LogP contribution in [-0.4, -0.2) is 28.6 Å². The van der Waals surface area contributed by atoms with Gasteiger partial charge in [-0.2, -0.15) is 5.26 Å². The average molecular weight is 258 g/mol. The summed E-state index contributed by atoms with van der Waals surface area (Å²) in [6.45, 7) is 6.29. The second-order valence-corrected chi connectivity index (χ2v) is 5.92. The van der Waals surface area contributed by atoms with Crippen molar-refractivity contribution in [3.05, 3.63) is 29.8 Å². The largest absolute Gasteiger partial charge is 0.508 e. The minimum absolute atomic E-state index is 0.272. The van der Waals surface area contributed by atoms with Crippen LogP contribution in [0.1, 0.15) is 32.3 Å². The number of nitriles is 1. The number of aromatic hydroxyl groups is 1. The van der Waals surface area contributed by atoms with Crippen LogP contribution in [0.25, 0.3) is 0 Å². The third-order valence-electron chi connectivity index (χ3n) is 4.08. The molecule has 1 aromatic rings. The molecular formula is C16H22N2O. The lowest BCUT2D eigenvalue weighted by Gasteiger charge is -2.41. The first kappa shape index (κ1) is 13.9. The van der Waals surface area contributed by atoms with Crippen molar-refractivity contribution in [1.82, 2.24) is 4.90 Å². The lowest BCUT2D eigenvalue weighted by Crippen LogP contribution is -2.51. The van der Waals surface area contributed by atoms with Gasteiger partial charge in [0.15, 0.2) is 0 Å². The lowest BCUT2D eigenvalue weighted by atomic mass is 9.88. The van der Waals surface area contributed by atoms with Gasteiger partial charge in [0.1, 0.15) is 11.3 Å². The first-order valence-electron chi connectivity index (χ1n) is 6.98. The minimum atomic E-state index is -0.453. The van der Waals surface area contributed by atoms with Crippen molar-refractivity contribution in [3.63, 3.8) is 0 Å². The number of hydrogen-bond donors (Lipinski definition) is 1. The van der Waals surface area contributed by atoms with E-state index in [-0.39, 0.29) is 5.75 Å². The van der Waals surface area contributed by atoms with Crippen LogP contribution in [0.2, 0.25) is 0 Å². The second-order valence-electron chi connectivity index (χ2n) is 5.92. The monoisotopic (exact) mass is 258 g/mol. The molecular weight excluding hydrogens is 236 g/mol. The molecule has 19 heavy (non-hydrogen) atoms. The molecule has 0 amide bonds. The van der Waals surface area contributed by atoms with Gasteiger partial charge in [0.05, 0.1) is 6.07 Å². The summed E-state index contributed by atoms with van der Waals surface area (Å²) in [5.74, 6) is 0.940. The molecule has 2 unspecified atom stereocenters. The molecule has 1 fully saturated rings. The van der Waals surface area contributed by atoms with Gasteiger partial charge in [-0.3, -0.25) is 4.90 Å². The average Bonchev–Trinajstić information content (AvgIpc) is 2.41. The van der Waals surface area contributed by atoms with Crippen LogP contribution in [0, 0.1) is 17.2 Å². The topological polar surface area (TPSA) is 47.3 Å². The Labute approximate surface area is 115 Å². The maximum Gasteiger partial charge on any atom is 0.115 e. The molecule has 1 saturated heterocycles. The number of hydrogen-bond acceptors (Lipinski definition) is 3. The Morgan fingerprint density at radius 3 is 2.68 bits per heavy atom. The molecule has 2 atom stereocenters. The van der Waals surface area contributed by atoms with E-state index in [1.54, 1.807) is 12.1 Å². The summed E-state index contributed by atoms with van der Waals surface area (Å²) in [5.41, 5.74) is 0.645. The van der Waals surface area contributed by atoms with Crippen LogP contribution in [0.4, 0.5) is 0 Å². The van der Waals surface area contributed by atoms with E-state index >= 15 is 0 Å². The molecule has 3 nitrogen and oxygen atoms in total. The van der Waals surface area contributed by atoms with Crippen LogP contribution in [0.15, 0.2) is 24.3 Å². The summed E-state index contributed by atoms with van der Waals surface area (Å²) >= 11 is 0. The zero-order valence-corrected chi connectivity index (χ0v) is 11.8. The first-order valence-corrected chi connectivity index (χ1v) is 6.98. The molecule has 0 bridgehead atoms. The molecule has 0 saturated carbocycles. The molecule has 1 aliphatic rings. The van der Waals surface area contributed by atoms with E-state index in [2.05, 4.69) is 17.9 Å². The van der Waals surface area contributed by atoms with Crippen LogP contribution < -0.4 is 0 Å². The van der Waals surface area contributed by atoms with Crippen molar-refractivity contribution in [3.8, 4) is 11.8 Å². The predicted molar refractivity (Wildman–Crippen MR) is 75.8 cm³/mol. The molecule has 0 aliphatic carbocycles. The van der Waals surface area contributed by atoms with E-state index in [4.69, 9.17) is 0 Å². The number of likely N-dealkylation sites (tertiary alicyclic amines) is 1. The van der Waals surface area contributed by atoms with Crippen molar-refractivity contribution in [2.45, 2.75) is 38.6 Å². The quantitative estimate of drug-likeness (QED) is 0.906. The third kappa shape index (κ3) is 3.27. The standard InChI is InChI=1S/C16H22N2O/c1-13-4-3-9-18(11-13)16(2,12-17)10-14-5-7-15(19)8-6-14/h5-8,13,19H,3-4,9-11H2,1-2H3. The molecule has 1 N–H and O–H groups in total. The lowest BCUT2D eigenvalue weighted by molar-refractivity contribution is 0.0959. The Morgan fingerprint density at radius 2 is 2.11 bits per heavy atom. The summed E-state index contributed by atoms with van der Waals surface area (Å²) in [4.78, 5) is 2.31. The van der Waals surface area contributed by atoms with Gasteiger partial charge in [-0.25, -0.2) is 0 Å². The number of benzene rings is 1. The van der Waals surface area contributed by atoms with Crippen LogP contribution in [0.5, 0.6) is 5.75 Å². The van der Waals surface area contributed by atoms with E-state index in [9.17, 15) is 10.4 Å². The number of rotatable bonds is 3. The normalized spacial score (nSPS) is 23.5. The van der Waals surface area contributed by atoms with Gasteiger partial charge in [0.25, 0.3) is 0 Å². The molecule has 1 aliphatic heterocycles.